The number of rotatable bonds is 2. The first-order valence-corrected chi connectivity index (χ1v) is 5.94. The van der Waals surface area contributed by atoms with Crippen molar-refractivity contribution in [3.05, 3.63) is 35.4 Å². The Morgan fingerprint density at radius 3 is 2.69 bits per heavy atom. The molecule has 0 N–H and O–H groups in total. The maximum atomic E-state index is 12.0. The van der Waals surface area contributed by atoms with E-state index >= 15 is 0 Å². The Kier molecular flexibility index (Phi) is 2.92. The average molecular weight is 234 g/mol. The van der Waals surface area contributed by atoms with Gasteiger partial charge in [0.15, 0.2) is 11.6 Å². The van der Waals surface area contributed by atoms with Crippen molar-refractivity contribution < 1.29 is 14.4 Å². The molecule has 1 aliphatic rings. The van der Waals surface area contributed by atoms with Crippen LogP contribution in [0.4, 0.5) is 0 Å². The van der Waals surface area contributed by atoms with Crippen LogP contribution in [0.25, 0.3) is 0 Å². The van der Waals surface area contributed by atoms with Crippen LogP contribution in [0, 0.1) is 0 Å². The molecule has 0 saturated heterocycles. The van der Waals surface area contributed by atoms with Crippen molar-refractivity contribution in [2.24, 2.45) is 0 Å². The summed E-state index contributed by atoms with van der Waals surface area (Å²) in [5, 5.41) is -0.840. The quantitative estimate of drug-likeness (QED) is 0.576. The molecule has 1 unspecified atom stereocenters. The SMILES string of the molecule is CC(=O)C(=O)C1SCc2ccccc2C1=O. The van der Waals surface area contributed by atoms with Gasteiger partial charge in [-0.25, -0.2) is 0 Å². The number of fused-ring (bicyclic) bond motifs is 1. The zero-order chi connectivity index (χ0) is 11.7. The molecule has 0 amide bonds. The molecule has 0 spiro atoms. The van der Waals surface area contributed by atoms with Crippen LogP contribution >= 0.6 is 11.8 Å². The zero-order valence-electron chi connectivity index (χ0n) is 8.73. The molecule has 1 aliphatic heterocycles. The van der Waals surface area contributed by atoms with Crippen LogP contribution in [-0.4, -0.2) is 22.6 Å². The summed E-state index contributed by atoms with van der Waals surface area (Å²) in [6.45, 7) is 1.21. The fourth-order valence-electron chi connectivity index (χ4n) is 1.66. The Morgan fingerprint density at radius 2 is 2.00 bits per heavy atom. The van der Waals surface area contributed by atoms with Gasteiger partial charge in [0.25, 0.3) is 0 Å². The number of hydrogen-bond acceptors (Lipinski definition) is 4. The lowest BCUT2D eigenvalue weighted by Gasteiger charge is -2.20. The van der Waals surface area contributed by atoms with Crippen LogP contribution < -0.4 is 0 Å². The predicted octanol–water partition coefficient (Wildman–Crippen LogP) is 1.64. The van der Waals surface area contributed by atoms with E-state index in [-0.39, 0.29) is 5.78 Å². The number of thioether (sulfide) groups is 1. The van der Waals surface area contributed by atoms with Gasteiger partial charge in [-0.15, -0.1) is 11.8 Å². The lowest BCUT2D eigenvalue weighted by molar-refractivity contribution is -0.134. The van der Waals surface area contributed by atoms with Crippen molar-refractivity contribution in [2.45, 2.75) is 17.9 Å². The number of ketones is 3. The van der Waals surface area contributed by atoms with E-state index in [4.69, 9.17) is 0 Å². The molecule has 16 heavy (non-hydrogen) atoms. The highest BCUT2D eigenvalue weighted by molar-refractivity contribution is 8.00. The molecule has 1 heterocycles. The first kappa shape index (κ1) is 11.1. The maximum absolute atomic E-state index is 12.0. The number of hydrogen-bond donors (Lipinski definition) is 0. The second kappa shape index (κ2) is 4.22. The molecule has 2 rings (SSSR count). The molecule has 0 aliphatic carbocycles. The fourth-order valence-corrected chi connectivity index (χ4v) is 2.85. The van der Waals surface area contributed by atoms with E-state index in [1.165, 1.54) is 18.7 Å². The highest BCUT2D eigenvalue weighted by atomic mass is 32.2. The topological polar surface area (TPSA) is 51.2 Å². The van der Waals surface area contributed by atoms with Crippen LogP contribution in [0.2, 0.25) is 0 Å². The van der Waals surface area contributed by atoms with Crippen LogP contribution in [0.15, 0.2) is 24.3 Å². The van der Waals surface area contributed by atoms with E-state index in [9.17, 15) is 14.4 Å². The maximum Gasteiger partial charge on any atom is 0.218 e. The van der Waals surface area contributed by atoms with Gasteiger partial charge in [0.2, 0.25) is 5.78 Å². The van der Waals surface area contributed by atoms with E-state index in [1.807, 2.05) is 12.1 Å². The van der Waals surface area contributed by atoms with Crippen molar-refractivity contribution in [3.8, 4) is 0 Å². The number of carbonyl (C=O) groups is 3. The number of Topliss-reactive ketones (excluding diaryl/α,β-unsaturated/α-hetero) is 3. The van der Waals surface area contributed by atoms with Gasteiger partial charge >= 0.3 is 0 Å². The van der Waals surface area contributed by atoms with E-state index < -0.39 is 16.8 Å². The number of benzene rings is 1. The smallest absolute Gasteiger partial charge is 0.218 e. The second-order valence-corrected chi connectivity index (χ2v) is 4.73. The molecule has 0 fully saturated rings. The van der Waals surface area contributed by atoms with E-state index in [2.05, 4.69) is 0 Å². The minimum atomic E-state index is -0.840. The van der Waals surface area contributed by atoms with Gasteiger partial charge in [0.1, 0.15) is 5.25 Å². The molecule has 0 saturated carbocycles. The first-order chi connectivity index (χ1) is 7.61. The fraction of sp³-hybridized carbons (Fsp3) is 0.250. The third kappa shape index (κ3) is 1.80. The van der Waals surface area contributed by atoms with Crippen molar-refractivity contribution in [1.82, 2.24) is 0 Å². The molecule has 1 aromatic rings. The summed E-state index contributed by atoms with van der Waals surface area (Å²) < 4.78 is 0. The second-order valence-electron chi connectivity index (χ2n) is 3.63. The first-order valence-electron chi connectivity index (χ1n) is 4.90. The third-order valence-corrected chi connectivity index (χ3v) is 3.75. The molecule has 4 heteroatoms. The van der Waals surface area contributed by atoms with E-state index in [1.54, 1.807) is 12.1 Å². The van der Waals surface area contributed by atoms with Crippen LogP contribution in [-0.2, 0) is 15.3 Å². The van der Waals surface area contributed by atoms with Crippen LogP contribution in [0.5, 0.6) is 0 Å². The normalized spacial score (nSPS) is 19.1. The minimum Gasteiger partial charge on any atom is -0.292 e. The Bertz CT molecular complexity index is 479. The van der Waals surface area contributed by atoms with Gasteiger partial charge in [-0.3, -0.25) is 14.4 Å². The summed E-state index contributed by atoms with van der Waals surface area (Å²) in [5.74, 6) is -0.784. The van der Waals surface area contributed by atoms with Gasteiger partial charge in [-0.2, -0.15) is 0 Å². The molecule has 1 aromatic carbocycles. The summed E-state index contributed by atoms with van der Waals surface area (Å²) >= 11 is 1.23. The predicted molar refractivity (Wildman–Crippen MR) is 61.5 cm³/mol. The summed E-state index contributed by atoms with van der Waals surface area (Å²) in [7, 11) is 0. The Labute approximate surface area is 97.2 Å². The Morgan fingerprint density at radius 1 is 1.31 bits per heavy atom. The van der Waals surface area contributed by atoms with Gasteiger partial charge in [-0.05, 0) is 5.56 Å². The zero-order valence-corrected chi connectivity index (χ0v) is 9.54. The van der Waals surface area contributed by atoms with Crippen LogP contribution in [0.3, 0.4) is 0 Å². The average Bonchev–Trinajstić information content (AvgIpc) is 2.29. The van der Waals surface area contributed by atoms with Crippen molar-refractivity contribution >= 4 is 29.1 Å². The van der Waals surface area contributed by atoms with Gasteiger partial charge in [-0.1, -0.05) is 24.3 Å². The molecular formula is C12H10O3S. The van der Waals surface area contributed by atoms with Crippen molar-refractivity contribution in [2.75, 3.05) is 0 Å². The highest BCUT2D eigenvalue weighted by Crippen LogP contribution is 2.30. The third-order valence-electron chi connectivity index (χ3n) is 2.51. The summed E-state index contributed by atoms with van der Waals surface area (Å²) in [5.41, 5.74) is 1.51. The van der Waals surface area contributed by atoms with Crippen molar-refractivity contribution in [3.63, 3.8) is 0 Å². The lowest BCUT2D eigenvalue weighted by Crippen LogP contribution is -2.34. The van der Waals surface area contributed by atoms with E-state index in [0.29, 0.717) is 11.3 Å². The molecular weight excluding hydrogens is 224 g/mol. The highest BCUT2D eigenvalue weighted by Gasteiger charge is 2.34. The monoisotopic (exact) mass is 234 g/mol. The molecule has 0 bridgehead atoms. The molecule has 0 aromatic heterocycles. The minimum absolute atomic E-state index is 0.243. The number of carbonyl (C=O) groups excluding carboxylic acids is 3. The largest absolute Gasteiger partial charge is 0.292 e. The Hall–Kier alpha value is -1.42. The molecule has 0 radical (unpaired) electrons. The summed E-state index contributed by atoms with van der Waals surface area (Å²) in [6.07, 6.45) is 0. The summed E-state index contributed by atoms with van der Waals surface area (Å²) in [6, 6.07) is 7.20. The lowest BCUT2D eigenvalue weighted by atomic mass is 9.99. The molecule has 3 nitrogen and oxygen atoms in total. The van der Waals surface area contributed by atoms with Gasteiger partial charge < -0.3 is 0 Å². The standard InChI is InChI=1S/C12H10O3S/c1-7(13)10(14)12-11(15)9-5-3-2-4-8(9)6-16-12/h2-5,12H,6H2,1H3. The van der Waals surface area contributed by atoms with Crippen LogP contribution in [0.1, 0.15) is 22.8 Å². The van der Waals surface area contributed by atoms with E-state index in [0.717, 1.165) is 5.56 Å². The molecule has 82 valence electrons. The van der Waals surface area contributed by atoms with Gasteiger partial charge in [0.05, 0.1) is 0 Å². The Balaban J connectivity index is 2.35. The summed E-state index contributed by atoms with van der Waals surface area (Å²) in [4.78, 5) is 34.5. The van der Waals surface area contributed by atoms with Crippen molar-refractivity contribution in [1.29, 1.82) is 0 Å². The molecule has 1 atom stereocenters. The van der Waals surface area contributed by atoms with Gasteiger partial charge in [0, 0.05) is 18.2 Å².